The van der Waals surface area contributed by atoms with E-state index in [4.69, 9.17) is 27.9 Å². The third-order valence-corrected chi connectivity index (χ3v) is 5.68. The van der Waals surface area contributed by atoms with Gasteiger partial charge in [0.1, 0.15) is 5.75 Å². The van der Waals surface area contributed by atoms with Crippen LogP contribution >= 0.6 is 34.5 Å². The number of nitrogens with zero attached hydrogens (tertiary/aromatic N) is 1. The summed E-state index contributed by atoms with van der Waals surface area (Å²) >= 11 is 13.2. The first-order valence-electron chi connectivity index (χ1n) is 9.12. The highest BCUT2D eigenvalue weighted by Gasteiger charge is 2.14. The maximum Gasteiger partial charge on any atom is 0.260 e. The van der Waals surface area contributed by atoms with Gasteiger partial charge in [-0.15, -0.1) is 11.3 Å². The first kappa shape index (κ1) is 23.2. The minimum Gasteiger partial charge on any atom is -0.482 e. The fourth-order valence-corrected chi connectivity index (χ4v) is 3.79. The molecule has 2 amide bonds. The van der Waals surface area contributed by atoms with Crippen LogP contribution in [0, 0.1) is 0 Å². The van der Waals surface area contributed by atoms with Crippen molar-refractivity contribution in [2.45, 2.75) is 26.7 Å². The molecule has 0 aliphatic rings. The summed E-state index contributed by atoms with van der Waals surface area (Å²) in [6.45, 7) is 4.91. The summed E-state index contributed by atoms with van der Waals surface area (Å²) in [7, 11) is 0. The second kappa shape index (κ2) is 11.2. The molecule has 1 N–H and O–H groups in total. The van der Waals surface area contributed by atoms with E-state index in [1.54, 1.807) is 29.2 Å². The molecule has 0 bridgehead atoms. The molecule has 0 saturated heterocycles. The van der Waals surface area contributed by atoms with Gasteiger partial charge >= 0.3 is 0 Å². The third-order valence-electron chi connectivity index (χ3n) is 4.11. The van der Waals surface area contributed by atoms with E-state index in [2.05, 4.69) is 5.32 Å². The summed E-state index contributed by atoms with van der Waals surface area (Å²) in [6.07, 6.45) is 0.133. The van der Waals surface area contributed by atoms with Crippen molar-refractivity contribution in [2.75, 3.05) is 25.0 Å². The molecule has 1 aromatic carbocycles. The number of hydrogen-bond acceptors (Lipinski definition) is 5. The van der Waals surface area contributed by atoms with E-state index in [0.717, 1.165) is 0 Å². The number of halogens is 2. The van der Waals surface area contributed by atoms with Gasteiger partial charge in [-0.2, -0.15) is 0 Å². The van der Waals surface area contributed by atoms with Crippen molar-refractivity contribution in [1.82, 2.24) is 4.90 Å². The number of ether oxygens (including phenoxy) is 1. The molecule has 0 radical (unpaired) electrons. The molecular formula is C20H22Cl2N2O4S. The summed E-state index contributed by atoms with van der Waals surface area (Å²) in [5.41, 5.74) is 0.481. The number of benzene rings is 1. The smallest absolute Gasteiger partial charge is 0.260 e. The fourth-order valence-electron chi connectivity index (χ4n) is 2.54. The van der Waals surface area contributed by atoms with Crippen molar-refractivity contribution in [3.8, 4) is 5.75 Å². The molecule has 29 heavy (non-hydrogen) atoms. The van der Waals surface area contributed by atoms with E-state index in [-0.39, 0.29) is 42.1 Å². The number of Topliss-reactive ketones (excluding diaryl/α,β-unsaturated/α-hetero) is 1. The molecule has 0 aliphatic carbocycles. The molecule has 1 heterocycles. The summed E-state index contributed by atoms with van der Waals surface area (Å²) in [4.78, 5) is 38.3. The second-order valence-corrected chi connectivity index (χ2v) is 8.20. The van der Waals surface area contributed by atoms with Gasteiger partial charge in [0.25, 0.3) is 5.91 Å². The zero-order valence-corrected chi connectivity index (χ0v) is 18.5. The molecule has 0 unspecified atom stereocenters. The lowest BCUT2D eigenvalue weighted by Gasteiger charge is -2.19. The highest BCUT2D eigenvalue weighted by molar-refractivity contribution is 7.18. The largest absolute Gasteiger partial charge is 0.482 e. The van der Waals surface area contributed by atoms with Crippen molar-refractivity contribution in [1.29, 1.82) is 0 Å². The number of thiophene rings is 1. The Balaban J connectivity index is 1.85. The van der Waals surface area contributed by atoms with E-state index in [0.29, 0.717) is 33.7 Å². The van der Waals surface area contributed by atoms with Crippen LogP contribution in [-0.4, -0.2) is 42.2 Å². The Morgan fingerprint density at radius 1 is 1.07 bits per heavy atom. The van der Waals surface area contributed by atoms with Crippen molar-refractivity contribution in [2.24, 2.45) is 0 Å². The summed E-state index contributed by atoms with van der Waals surface area (Å²) in [5, 5.41) is 2.97. The molecule has 0 aliphatic heterocycles. The predicted octanol–water partition coefficient (Wildman–Crippen LogP) is 4.90. The van der Waals surface area contributed by atoms with Gasteiger partial charge in [0, 0.05) is 31.6 Å². The van der Waals surface area contributed by atoms with Crippen LogP contribution < -0.4 is 10.1 Å². The average Bonchev–Trinajstić information content (AvgIpc) is 3.13. The highest BCUT2D eigenvalue weighted by Crippen LogP contribution is 2.28. The first-order chi connectivity index (χ1) is 13.8. The van der Waals surface area contributed by atoms with Gasteiger partial charge in [0.05, 0.1) is 14.2 Å². The van der Waals surface area contributed by atoms with Crippen LogP contribution in [0.5, 0.6) is 5.75 Å². The minimum atomic E-state index is -0.303. The molecule has 1 aromatic heterocycles. The normalized spacial score (nSPS) is 10.5. The topological polar surface area (TPSA) is 75.7 Å². The van der Waals surface area contributed by atoms with Gasteiger partial charge in [-0.05, 0) is 44.2 Å². The zero-order valence-electron chi connectivity index (χ0n) is 16.2. The van der Waals surface area contributed by atoms with Crippen LogP contribution in [0.1, 0.15) is 36.4 Å². The Labute approximate surface area is 183 Å². The summed E-state index contributed by atoms with van der Waals surface area (Å²) in [6, 6.07) is 8.06. The lowest BCUT2D eigenvalue weighted by molar-refractivity contribution is -0.133. The van der Waals surface area contributed by atoms with Crippen molar-refractivity contribution in [3.05, 3.63) is 44.6 Å². The maximum absolute atomic E-state index is 12.1. The average molecular weight is 457 g/mol. The molecular weight excluding hydrogens is 435 g/mol. The Hall–Kier alpha value is -2.09. The van der Waals surface area contributed by atoms with Crippen molar-refractivity contribution in [3.63, 3.8) is 0 Å². The van der Waals surface area contributed by atoms with Gasteiger partial charge < -0.3 is 15.0 Å². The first-order valence-corrected chi connectivity index (χ1v) is 10.7. The van der Waals surface area contributed by atoms with E-state index in [1.165, 1.54) is 17.4 Å². The number of ketones is 1. The zero-order chi connectivity index (χ0) is 21.4. The molecule has 0 saturated carbocycles. The Bertz CT molecular complexity index is 881. The molecule has 2 aromatic rings. The Morgan fingerprint density at radius 3 is 2.38 bits per heavy atom. The van der Waals surface area contributed by atoms with Crippen molar-refractivity contribution >= 4 is 57.8 Å². The molecule has 9 heteroatoms. The van der Waals surface area contributed by atoms with Crippen LogP contribution in [0.3, 0.4) is 0 Å². The van der Waals surface area contributed by atoms with E-state index in [1.807, 2.05) is 13.8 Å². The number of anilines is 1. The molecule has 6 nitrogen and oxygen atoms in total. The van der Waals surface area contributed by atoms with Gasteiger partial charge in [-0.25, -0.2) is 0 Å². The van der Waals surface area contributed by atoms with Gasteiger partial charge in [0.15, 0.2) is 12.4 Å². The lowest BCUT2D eigenvalue weighted by atomic mass is 10.2. The SMILES string of the molecule is CCN(CC)C(=O)COc1ccc(NC(=O)CCC(=O)c2ccc(Cl)s2)cc1Cl. The quantitative estimate of drug-likeness (QED) is 0.515. The van der Waals surface area contributed by atoms with Gasteiger partial charge in [0.2, 0.25) is 5.91 Å². The number of likely N-dealkylation sites (N-methyl/N-ethyl adjacent to an activating group) is 1. The van der Waals surface area contributed by atoms with Crippen LogP contribution in [0.2, 0.25) is 9.36 Å². The van der Waals surface area contributed by atoms with Crippen LogP contribution in [0.4, 0.5) is 5.69 Å². The number of carbonyl (C=O) groups is 3. The second-order valence-electron chi connectivity index (χ2n) is 6.08. The Kier molecular flexibility index (Phi) is 8.95. The molecule has 156 valence electrons. The standard InChI is InChI=1S/C20H22Cl2N2O4S/c1-3-24(4-2)20(27)12-28-16-7-5-13(11-14(16)21)23-19(26)10-6-15(25)17-8-9-18(22)29-17/h5,7-9,11H,3-4,6,10,12H2,1-2H3,(H,23,26). The third kappa shape index (κ3) is 7.03. The highest BCUT2D eigenvalue weighted by atomic mass is 35.5. The van der Waals surface area contributed by atoms with Crippen LogP contribution in [-0.2, 0) is 9.59 Å². The van der Waals surface area contributed by atoms with Crippen molar-refractivity contribution < 1.29 is 19.1 Å². The van der Waals surface area contributed by atoms with Crippen LogP contribution in [0.25, 0.3) is 0 Å². The summed E-state index contributed by atoms with van der Waals surface area (Å²) in [5.74, 6) is -0.200. The Morgan fingerprint density at radius 2 is 1.79 bits per heavy atom. The van der Waals surface area contributed by atoms with E-state index in [9.17, 15) is 14.4 Å². The number of amides is 2. The molecule has 2 rings (SSSR count). The molecule has 0 spiro atoms. The number of nitrogens with one attached hydrogen (secondary N) is 1. The fraction of sp³-hybridized carbons (Fsp3) is 0.350. The van der Waals surface area contributed by atoms with E-state index < -0.39 is 0 Å². The van der Waals surface area contributed by atoms with E-state index >= 15 is 0 Å². The molecule has 0 atom stereocenters. The summed E-state index contributed by atoms with van der Waals surface area (Å²) < 4.78 is 6.02. The van der Waals surface area contributed by atoms with Gasteiger partial charge in [-0.1, -0.05) is 23.2 Å². The van der Waals surface area contributed by atoms with Gasteiger partial charge in [-0.3, -0.25) is 14.4 Å². The number of hydrogen-bond donors (Lipinski definition) is 1. The monoisotopic (exact) mass is 456 g/mol. The molecule has 0 fully saturated rings. The maximum atomic E-state index is 12.1. The number of rotatable bonds is 10. The predicted molar refractivity (Wildman–Crippen MR) is 116 cm³/mol. The number of carbonyl (C=O) groups excluding carboxylic acids is 3. The van der Waals surface area contributed by atoms with Crippen LogP contribution in [0.15, 0.2) is 30.3 Å². The lowest BCUT2D eigenvalue weighted by Crippen LogP contribution is -2.34. The minimum absolute atomic E-state index is 0.0442.